The molecule has 0 unspecified atom stereocenters. The zero-order chi connectivity index (χ0) is 18.9. The van der Waals surface area contributed by atoms with Crippen molar-refractivity contribution >= 4 is 11.7 Å². The van der Waals surface area contributed by atoms with Crippen molar-refractivity contribution < 1.29 is 14.5 Å². The summed E-state index contributed by atoms with van der Waals surface area (Å²) in [5.74, 6) is -0.584. The Morgan fingerprint density at radius 1 is 0.852 bits per heavy atom. The van der Waals surface area contributed by atoms with Gasteiger partial charge < -0.3 is 4.74 Å². The summed E-state index contributed by atoms with van der Waals surface area (Å²) >= 11 is 0. The van der Waals surface area contributed by atoms with Crippen molar-refractivity contribution in [1.82, 2.24) is 0 Å². The normalized spacial score (nSPS) is 18.1. The molecule has 0 bridgehead atoms. The van der Waals surface area contributed by atoms with Gasteiger partial charge in [0.2, 0.25) is 0 Å². The number of cyclic esters (lactones) is 1. The molecule has 1 saturated heterocycles. The van der Waals surface area contributed by atoms with E-state index in [0.717, 1.165) is 16.7 Å². The third kappa shape index (κ3) is 2.68. The van der Waals surface area contributed by atoms with E-state index in [1.807, 2.05) is 60.7 Å². The van der Waals surface area contributed by atoms with Crippen molar-refractivity contribution in [2.45, 2.75) is 11.3 Å². The molecule has 4 rings (SSSR count). The first-order chi connectivity index (χ1) is 13.1. The molecule has 0 spiro atoms. The molecule has 0 N–H and O–H groups in total. The van der Waals surface area contributed by atoms with E-state index >= 15 is 0 Å². The Morgan fingerprint density at radius 3 is 1.85 bits per heavy atom. The third-order valence-electron chi connectivity index (χ3n) is 5.19. The number of ether oxygens (including phenoxy) is 1. The van der Waals surface area contributed by atoms with Crippen molar-refractivity contribution in [3.8, 4) is 0 Å². The van der Waals surface area contributed by atoms with Gasteiger partial charge in [-0.3, -0.25) is 14.9 Å². The molecule has 0 amide bonds. The lowest BCUT2D eigenvalue weighted by Crippen LogP contribution is -2.38. The van der Waals surface area contributed by atoms with E-state index in [4.69, 9.17) is 4.74 Å². The van der Waals surface area contributed by atoms with Gasteiger partial charge in [-0.15, -0.1) is 0 Å². The standard InChI is InChI=1S/C22H17NO4/c24-21-22(17-7-3-1-4-8-17,18-9-5-2-6-10-18)20(15-27-21)16-11-13-19(14-12-16)23(25)26/h1-14,20H,15H2/t20-/m0/s1. The summed E-state index contributed by atoms with van der Waals surface area (Å²) in [4.78, 5) is 23.7. The molecule has 27 heavy (non-hydrogen) atoms. The number of nitro groups is 1. The zero-order valence-electron chi connectivity index (χ0n) is 14.4. The molecule has 0 saturated carbocycles. The SMILES string of the molecule is O=C1OC[C@@H](c2ccc([N+](=O)[O-])cc2)C1(c1ccccc1)c1ccccc1. The number of benzene rings is 3. The molecule has 1 fully saturated rings. The zero-order valence-corrected chi connectivity index (χ0v) is 14.4. The molecule has 0 aliphatic carbocycles. The van der Waals surface area contributed by atoms with Crippen LogP contribution >= 0.6 is 0 Å². The van der Waals surface area contributed by atoms with Gasteiger partial charge in [0.1, 0.15) is 5.41 Å². The molecule has 1 heterocycles. The van der Waals surface area contributed by atoms with Gasteiger partial charge in [-0.2, -0.15) is 0 Å². The van der Waals surface area contributed by atoms with Crippen LogP contribution in [-0.2, 0) is 14.9 Å². The molecule has 3 aromatic carbocycles. The lowest BCUT2D eigenvalue weighted by atomic mass is 9.65. The number of hydrogen-bond donors (Lipinski definition) is 0. The Bertz CT molecular complexity index is 929. The van der Waals surface area contributed by atoms with Crippen LogP contribution in [0.25, 0.3) is 0 Å². The highest BCUT2D eigenvalue weighted by Gasteiger charge is 2.55. The number of esters is 1. The van der Waals surface area contributed by atoms with Gasteiger partial charge in [-0.25, -0.2) is 0 Å². The highest BCUT2D eigenvalue weighted by Crippen LogP contribution is 2.49. The predicted molar refractivity (Wildman–Crippen MR) is 100 cm³/mol. The molecule has 3 aromatic rings. The van der Waals surface area contributed by atoms with Crippen LogP contribution in [0, 0.1) is 10.1 Å². The van der Waals surface area contributed by atoms with Gasteiger partial charge in [-0.1, -0.05) is 72.8 Å². The molecular weight excluding hydrogens is 342 g/mol. The van der Waals surface area contributed by atoms with Gasteiger partial charge in [-0.05, 0) is 16.7 Å². The summed E-state index contributed by atoms with van der Waals surface area (Å²) in [5, 5.41) is 11.0. The molecule has 5 heteroatoms. The first-order valence-corrected chi connectivity index (χ1v) is 8.66. The third-order valence-corrected chi connectivity index (χ3v) is 5.19. The number of carbonyl (C=O) groups excluding carboxylic acids is 1. The van der Waals surface area contributed by atoms with E-state index in [0.29, 0.717) is 0 Å². The summed E-state index contributed by atoms with van der Waals surface area (Å²) in [7, 11) is 0. The Kier molecular flexibility index (Phi) is 4.20. The van der Waals surface area contributed by atoms with Crippen LogP contribution in [0.2, 0.25) is 0 Å². The van der Waals surface area contributed by atoms with Crippen LogP contribution in [-0.4, -0.2) is 17.5 Å². The summed E-state index contributed by atoms with van der Waals surface area (Å²) in [6.45, 7) is 0.223. The van der Waals surface area contributed by atoms with Crippen molar-refractivity contribution in [3.05, 3.63) is 112 Å². The van der Waals surface area contributed by atoms with E-state index in [9.17, 15) is 14.9 Å². The smallest absolute Gasteiger partial charge is 0.321 e. The molecule has 1 atom stereocenters. The van der Waals surface area contributed by atoms with E-state index in [1.165, 1.54) is 12.1 Å². The number of nitrogens with zero attached hydrogens (tertiary/aromatic N) is 1. The Morgan fingerprint density at radius 2 is 1.37 bits per heavy atom. The molecule has 1 aliphatic heterocycles. The number of nitro benzene ring substituents is 1. The second-order valence-electron chi connectivity index (χ2n) is 6.54. The van der Waals surface area contributed by atoms with Crippen LogP contribution < -0.4 is 0 Å². The molecule has 5 nitrogen and oxygen atoms in total. The number of rotatable bonds is 4. The second-order valence-corrected chi connectivity index (χ2v) is 6.54. The Hall–Kier alpha value is -3.47. The average molecular weight is 359 g/mol. The van der Waals surface area contributed by atoms with Gasteiger partial charge in [0, 0.05) is 18.1 Å². The van der Waals surface area contributed by atoms with Gasteiger partial charge >= 0.3 is 5.97 Å². The van der Waals surface area contributed by atoms with Crippen molar-refractivity contribution in [2.75, 3.05) is 6.61 Å². The highest BCUT2D eigenvalue weighted by atomic mass is 16.6. The quantitative estimate of drug-likeness (QED) is 0.397. The lowest BCUT2D eigenvalue weighted by Gasteiger charge is -2.32. The molecule has 134 valence electrons. The number of non-ortho nitro benzene ring substituents is 1. The van der Waals surface area contributed by atoms with Crippen molar-refractivity contribution in [3.63, 3.8) is 0 Å². The highest BCUT2D eigenvalue weighted by molar-refractivity contribution is 5.91. The second kappa shape index (κ2) is 6.68. The maximum Gasteiger partial charge on any atom is 0.321 e. The predicted octanol–water partition coefficient (Wildman–Crippen LogP) is 4.22. The van der Waals surface area contributed by atoms with E-state index in [2.05, 4.69) is 0 Å². The summed E-state index contributed by atoms with van der Waals surface area (Å²) in [5.41, 5.74) is 1.57. The van der Waals surface area contributed by atoms with E-state index in [-0.39, 0.29) is 24.2 Å². The van der Waals surface area contributed by atoms with Crippen LogP contribution in [0.3, 0.4) is 0 Å². The lowest BCUT2D eigenvalue weighted by molar-refractivity contribution is -0.384. The fraction of sp³-hybridized carbons (Fsp3) is 0.136. The fourth-order valence-electron chi connectivity index (χ4n) is 3.92. The van der Waals surface area contributed by atoms with Crippen molar-refractivity contribution in [2.24, 2.45) is 0 Å². The Balaban J connectivity index is 1.92. The summed E-state index contributed by atoms with van der Waals surface area (Å²) in [6, 6.07) is 25.5. The van der Waals surface area contributed by atoms with Gasteiger partial charge in [0.05, 0.1) is 11.5 Å². The number of carbonyl (C=O) groups is 1. The van der Waals surface area contributed by atoms with Gasteiger partial charge in [0.25, 0.3) is 5.69 Å². The molecular formula is C22H17NO4. The largest absolute Gasteiger partial charge is 0.464 e. The summed E-state index contributed by atoms with van der Waals surface area (Å²) in [6.07, 6.45) is 0. The first kappa shape index (κ1) is 17.0. The van der Waals surface area contributed by atoms with Crippen LogP contribution in [0.15, 0.2) is 84.9 Å². The molecule has 0 aromatic heterocycles. The van der Waals surface area contributed by atoms with Crippen LogP contribution in [0.4, 0.5) is 5.69 Å². The minimum atomic E-state index is -0.987. The van der Waals surface area contributed by atoms with Crippen molar-refractivity contribution in [1.29, 1.82) is 0 Å². The van der Waals surface area contributed by atoms with Crippen LogP contribution in [0.1, 0.15) is 22.6 Å². The van der Waals surface area contributed by atoms with E-state index in [1.54, 1.807) is 12.1 Å². The first-order valence-electron chi connectivity index (χ1n) is 8.66. The maximum atomic E-state index is 13.1. The topological polar surface area (TPSA) is 69.4 Å². The maximum absolute atomic E-state index is 13.1. The Labute approximate surface area is 156 Å². The van der Waals surface area contributed by atoms with Gasteiger partial charge in [0.15, 0.2) is 0 Å². The molecule has 1 aliphatic rings. The number of hydrogen-bond acceptors (Lipinski definition) is 4. The minimum absolute atomic E-state index is 0.0222. The van der Waals surface area contributed by atoms with E-state index < -0.39 is 10.3 Å². The summed E-state index contributed by atoms with van der Waals surface area (Å²) < 4.78 is 5.55. The fourth-order valence-corrected chi connectivity index (χ4v) is 3.92. The van der Waals surface area contributed by atoms with Crippen LogP contribution in [0.5, 0.6) is 0 Å². The minimum Gasteiger partial charge on any atom is -0.464 e. The molecule has 0 radical (unpaired) electrons. The average Bonchev–Trinajstić information content (AvgIpc) is 3.07. The monoisotopic (exact) mass is 359 g/mol.